The highest BCUT2D eigenvalue weighted by Crippen LogP contribution is 2.25. The first-order valence-corrected chi connectivity index (χ1v) is 7.26. The van der Waals surface area contributed by atoms with E-state index in [0.29, 0.717) is 9.91 Å². The lowest BCUT2D eigenvalue weighted by atomic mass is 10.2. The zero-order valence-corrected chi connectivity index (χ0v) is 12.3. The van der Waals surface area contributed by atoms with E-state index in [1.807, 2.05) is 30.3 Å². The van der Waals surface area contributed by atoms with Gasteiger partial charge < -0.3 is 4.90 Å². The van der Waals surface area contributed by atoms with Crippen molar-refractivity contribution in [1.82, 2.24) is 9.88 Å². The lowest BCUT2D eigenvalue weighted by molar-refractivity contribution is -0.139. The third-order valence-electron chi connectivity index (χ3n) is 2.75. The van der Waals surface area contributed by atoms with Crippen molar-refractivity contribution in [2.45, 2.75) is 6.18 Å². The molecule has 1 aromatic heterocycles. The Labute approximate surface area is 129 Å². The molecule has 116 valence electrons. The molecule has 0 fully saturated rings. The van der Waals surface area contributed by atoms with Crippen LogP contribution in [0.15, 0.2) is 48.4 Å². The second-order valence-corrected chi connectivity index (χ2v) is 5.35. The summed E-state index contributed by atoms with van der Waals surface area (Å²) >= 11 is 1.22. The molecule has 0 atom stereocenters. The predicted octanol–water partition coefficient (Wildman–Crippen LogP) is 4.00. The molecular weight excluding hydrogens is 313 g/mol. The fraction of sp³-hybridized carbons (Fsp3) is 0.200. The van der Waals surface area contributed by atoms with Crippen molar-refractivity contribution in [2.75, 3.05) is 13.1 Å². The fourth-order valence-corrected chi connectivity index (χ4v) is 2.64. The number of amides is 1. The van der Waals surface area contributed by atoms with E-state index in [-0.39, 0.29) is 12.2 Å². The van der Waals surface area contributed by atoms with E-state index in [1.165, 1.54) is 22.8 Å². The van der Waals surface area contributed by atoms with Crippen LogP contribution in [0.2, 0.25) is 0 Å². The molecule has 0 N–H and O–H groups in total. The number of nitrogens with zero attached hydrogens (tertiary/aromatic N) is 2. The summed E-state index contributed by atoms with van der Waals surface area (Å²) in [5, 5.41) is 2.06. The molecule has 0 saturated carbocycles. The molecule has 2 aromatic rings. The molecule has 1 aromatic carbocycles. The van der Waals surface area contributed by atoms with Crippen molar-refractivity contribution in [1.29, 1.82) is 0 Å². The van der Waals surface area contributed by atoms with Crippen LogP contribution in [0.1, 0.15) is 10.5 Å². The Balaban J connectivity index is 2.21. The van der Waals surface area contributed by atoms with Crippen LogP contribution in [0.4, 0.5) is 13.2 Å². The summed E-state index contributed by atoms with van der Waals surface area (Å²) in [6.07, 6.45) is -3.20. The van der Waals surface area contributed by atoms with Gasteiger partial charge in [-0.2, -0.15) is 13.2 Å². The Kier molecular flexibility index (Phi) is 4.97. The molecule has 7 heteroatoms. The summed E-state index contributed by atoms with van der Waals surface area (Å²) in [6, 6.07) is 9.14. The van der Waals surface area contributed by atoms with E-state index >= 15 is 0 Å². The van der Waals surface area contributed by atoms with Crippen molar-refractivity contribution in [3.05, 3.63) is 54.1 Å². The van der Waals surface area contributed by atoms with Gasteiger partial charge in [0.2, 0.25) is 0 Å². The standard InChI is InChI=1S/C15H13F3N2OS/c1-2-8-20(10-15(16,17)18)14(21)12-9-22-13(19-12)11-6-4-3-5-7-11/h2-7,9H,1,8,10H2. The van der Waals surface area contributed by atoms with Crippen molar-refractivity contribution < 1.29 is 18.0 Å². The topological polar surface area (TPSA) is 33.2 Å². The molecule has 0 aliphatic carbocycles. The molecule has 1 amide bonds. The van der Waals surface area contributed by atoms with Gasteiger partial charge in [-0.3, -0.25) is 4.79 Å². The largest absolute Gasteiger partial charge is 0.406 e. The second-order valence-electron chi connectivity index (χ2n) is 4.49. The van der Waals surface area contributed by atoms with Gasteiger partial charge in [0.25, 0.3) is 5.91 Å². The minimum absolute atomic E-state index is 0.00922. The maximum absolute atomic E-state index is 12.5. The molecule has 3 nitrogen and oxygen atoms in total. The third kappa shape index (κ3) is 4.17. The number of thiazole rings is 1. The fourth-order valence-electron chi connectivity index (χ4n) is 1.84. The van der Waals surface area contributed by atoms with E-state index in [9.17, 15) is 18.0 Å². The van der Waals surface area contributed by atoms with E-state index in [2.05, 4.69) is 11.6 Å². The van der Waals surface area contributed by atoms with Gasteiger partial charge >= 0.3 is 6.18 Å². The highest BCUT2D eigenvalue weighted by Gasteiger charge is 2.33. The highest BCUT2D eigenvalue weighted by molar-refractivity contribution is 7.13. The Morgan fingerprint density at radius 1 is 1.32 bits per heavy atom. The second kappa shape index (κ2) is 6.74. The van der Waals surface area contributed by atoms with Gasteiger partial charge in [0, 0.05) is 17.5 Å². The van der Waals surface area contributed by atoms with Crippen molar-refractivity contribution in [3.63, 3.8) is 0 Å². The van der Waals surface area contributed by atoms with Crippen molar-refractivity contribution in [3.8, 4) is 10.6 Å². The van der Waals surface area contributed by atoms with E-state index in [4.69, 9.17) is 0 Å². The maximum Gasteiger partial charge on any atom is 0.406 e. The van der Waals surface area contributed by atoms with Crippen LogP contribution in [0.3, 0.4) is 0 Å². The Bertz CT molecular complexity index is 652. The number of aromatic nitrogens is 1. The Morgan fingerprint density at radius 2 is 2.00 bits per heavy atom. The van der Waals surface area contributed by atoms with E-state index < -0.39 is 18.6 Å². The van der Waals surface area contributed by atoms with Crippen molar-refractivity contribution >= 4 is 17.2 Å². The van der Waals surface area contributed by atoms with Gasteiger partial charge in [-0.15, -0.1) is 17.9 Å². The van der Waals surface area contributed by atoms with Crippen LogP contribution >= 0.6 is 11.3 Å². The molecule has 0 radical (unpaired) electrons. The van der Waals surface area contributed by atoms with Gasteiger partial charge in [0.1, 0.15) is 17.2 Å². The summed E-state index contributed by atoms with van der Waals surface area (Å²) in [5.74, 6) is -0.754. The zero-order chi connectivity index (χ0) is 16.2. The highest BCUT2D eigenvalue weighted by atomic mass is 32.1. The molecule has 0 aliphatic heterocycles. The first kappa shape index (κ1) is 16.2. The average molecular weight is 326 g/mol. The van der Waals surface area contributed by atoms with E-state index in [1.54, 1.807) is 0 Å². The summed E-state index contributed by atoms with van der Waals surface area (Å²) < 4.78 is 37.6. The summed E-state index contributed by atoms with van der Waals surface area (Å²) in [5.41, 5.74) is 0.826. The van der Waals surface area contributed by atoms with Crippen LogP contribution in [0.25, 0.3) is 10.6 Å². The lowest BCUT2D eigenvalue weighted by Crippen LogP contribution is -2.39. The predicted molar refractivity (Wildman–Crippen MR) is 79.7 cm³/mol. The first-order valence-electron chi connectivity index (χ1n) is 6.38. The molecular formula is C15H13F3N2OS. The normalized spacial score (nSPS) is 11.2. The number of benzene rings is 1. The number of carbonyl (C=O) groups excluding carboxylic acids is 1. The number of halogens is 3. The zero-order valence-electron chi connectivity index (χ0n) is 11.5. The monoisotopic (exact) mass is 326 g/mol. The summed E-state index contributed by atoms with van der Waals surface area (Å²) in [4.78, 5) is 17.0. The number of hydrogen-bond acceptors (Lipinski definition) is 3. The van der Waals surface area contributed by atoms with Crippen LogP contribution in [0, 0.1) is 0 Å². The Morgan fingerprint density at radius 3 is 2.59 bits per heavy atom. The smallest absolute Gasteiger partial charge is 0.324 e. The van der Waals surface area contributed by atoms with Gasteiger partial charge in [-0.1, -0.05) is 36.4 Å². The quantitative estimate of drug-likeness (QED) is 0.778. The molecule has 0 unspecified atom stereocenters. The number of alkyl halides is 3. The van der Waals surface area contributed by atoms with Gasteiger partial charge in [-0.05, 0) is 0 Å². The molecule has 2 rings (SSSR count). The third-order valence-corrected chi connectivity index (χ3v) is 3.64. The van der Waals surface area contributed by atoms with Gasteiger partial charge in [0.15, 0.2) is 0 Å². The first-order chi connectivity index (χ1) is 10.4. The number of rotatable bonds is 5. The molecule has 0 saturated heterocycles. The minimum atomic E-state index is -4.46. The molecule has 1 heterocycles. The minimum Gasteiger partial charge on any atom is -0.324 e. The lowest BCUT2D eigenvalue weighted by Gasteiger charge is -2.21. The maximum atomic E-state index is 12.5. The van der Waals surface area contributed by atoms with Crippen LogP contribution in [-0.4, -0.2) is 35.1 Å². The molecule has 0 aliphatic rings. The summed E-state index contributed by atoms with van der Waals surface area (Å²) in [6.45, 7) is 1.87. The average Bonchev–Trinajstić information content (AvgIpc) is 2.95. The number of hydrogen-bond donors (Lipinski definition) is 0. The molecule has 22 heavy (non-hydrogen) atoms. The SMILES string of the molecule is C=CCN(CC(F)(F)F)C(=O)c1csc(-c2ccccc2)n1. The molecule has 0 spiro atoms. The Hall–Kier alpha value is -2.15. The molecule has 0 bridgehead atoms. The van der Waals surface area contributed by atoms with Crippen LogP contribution < -0.4 is 0 Å². The van der Waals surface area contributed by atoms with Crippen molar-refractivity contribution in [2.24, 2.45) is 0 Å². The summed E-state index contributed by atoms with van der Waals surface area (Å²) in [7, 11) is 0. The number of carbonyl (C=O) groups is 1. The van der Waals surface area contributed by atoms with E-state index in [0.717, 1.165) is 5.56 Å². The van der Waals surface area contributed by atoms with Gasteiger partial charge in [0.05, 0.1) is 0 Å². The van der Waals surface area contributed by atoms with Crippen LogP contribution in [0.5, 0.6) is 0 Å². The van der Waals surface area contributed by atoms with Crippen LogP contribution in [-0.2, 0) is 0 Å². The van der Waals surface area contributed by atoms with Gasteiger partial charge in [-0.25, -0.2) is 4.98 Å².